The molecule has 4 heterocycles. The highest BCUT2D eigenvalue weighted by atomic mass is 16.1. The van der Waals surface area contributed by atoms with Gasteiger partial charge in [-0.15, -0.1) is 0 Å². The second kappa shape index (κ2) is 10.1. The number of aromatic nitrogens is 6. The average molecular weight is 467 g/mol. The summed E-state index contributed by atoms with van der Waals surface area (Å²) in [4.78, 5) is 27.3. The lowest BCUT2D eigenvalue weighted by Gasteiger charge is -2.24. The molecule has 0 aliphatic rings. The standard InChI is InChI=1S/C24H20N8O.C2H6/c1-3-16-10-11-31-21(16)24(33)32(18-8-6-5-7-9-18)19(29-31)14-30(4-2)23-20-17(12-25)13-26-22(20)27-15-28-23;1-2/h3,5-11,13,15H,1,4,14H2,2H3,(H,26,27,28);1-2H3. The van der Waals surface area contributed by atoms with Crippen LogP contribution >= 0.6 is 0 Å². The molecule has 1 aromatic carbocycles. The van der Waals surface area contributed by atoms with Gasteiger partial charge in [-0.1, -0.05) is 44.7 Å². The molecule has 1 N–H and O–H groups in total. The minimum absolute atomic E-state index is 0.186. The molecule has 0 saturated heterocycles. The normalized spacial score (nSPS) is 10.6. The quantitative estimate of drug-likeness (QED) is 0.399. The molecule has 4 aromatic heterocycles. The molecule has 176 valence electrons. The number of rotatable bonds is 6. The summed E-state index contributed by atoms with van der Waals surface area (Å²) in [7, 11) is 0. The van der Waals surface area contributed by atoms with Gasteiger partial charge in [-0.2, -0.15) is 10.4 Å². The van der Waals surface area contributed by atoms with Crippen LogP contribution in [0.25, 0.3) is 28.3 Å². The van der Waals surface area contributed by atoms with E-state index in [-0.39, 0.29) is 5.56 Å². The molecule has 0 spiro atoms. The zero-order valence-corrected chi connectivity index (χ0v) is 19.9. The molecule has 0 amide bonds. The van der Waals surface area contributed by atoms with Crippen LogP contribution in [0.5, 0.6) is 0 Å². The number of H-pyrrole nitrogens is 1. The summed E-state index contributed by atoms with van der Waals surface area (Å²) < 4.78 is 3.21. The van der Waals surface area contributed by atoms with Gasteiger partial charge >= 0.3 is 0 Å². The van der Waals surface area contributed by atoms with E-state index in [1.54, 1.807) is 27.6 Å². The molecular weight excluding hydrogens is 440 g/mol. The first-order valence-electron chi connectivity index (χ1n) is 11.4. The summed E-state index contributed by atoms with van der Waals surface area (Å²) in [5.74, 6) is 1.14. The van der Waals surface area contributed by atoms with Crippen molar-refractivity contribution in [3.63, 3.8) is 0 Å². The smallest absolute Gasteiger partial charge is 0.283 e. The van der Waals surface area contributed by atoms with Crippen molar-refractivity contribution in [3.05, 3.63) is 89.0 Å². The van der Waals surface area contributed by atoms with E-state index in [2.05, 4.69) is 27.6 Å². The van der Waals surface area contributed by atoms with Crippen LogP contribution in [0.3, 0.4) is 0 Å². The van der Waals surface area contributed by atoms with Gasteiger partial charge in [-0.25, -0.2) is 14.5 Å². The summed E-state index contributed by atoms with van der Waals surface area (Å²) in [6.45, 7) is 10.7. The maximum atomic E-state index is 13.6. The van der Waals surface area contributed by atoms with E-state index < -0.39 is 0 Å². The highest BCUT2D eigenvalue weighted by Gasteiger charge is 2.21. The fourth-order valence-electron chi connectivity index (χ4n) is 4.03. The van der Waals surface area contributed by atoms with Crippen molar-refractivity contribution >= 4 is 28.4 Å². The van der Waals surface area contributed by atoms with Gasteiger partial charge < -0.3 is 9.88 Å². The molecule has 5 rings (SSSR count). The summed E-state index contributed by atoms with van der Waals surface area (Å²) in [5, 5.41) is 15.0. The van der Waals surface area contributed by atoms with Crippen LogP contribution in [-0.4, -0.2) is 35.7 Å². The summed E-state index contributed by atoms with van der Waals surface area (Å²) in [6, 6.07) is 13.4. The van der Waals surface area contributed by atoms with Crippen molar-refractivity contribution in [1.29, 1.82) is 5.26 Å². The molecule has 35 heavy (non-hydrogen) atoms. The number of aromatic amines is 1. The molecule has 0 radical (unpaired) electrons. The van der Waals surface area contributed by atoms with E-state index in [0.29, 0.717) is 52.5 Å². The number of hydrogen-bond donors (Lipinski definition) is 1. The van der Waals surface area contributed by atoms with Gasteiger partial charge in [0.1, 0.15) is 29.4 Å². The molecule has 0 saturated carbocycles. The zero-order valence-electron chi connectivity index (χ0n) is 19.9. The van der Waals surface area contributed by atoms with E-state index in [1.165, 1.54) is 6.33 Å². The Balaban J connectivity index is 0.00000141. The van der Waals surface area contributed by atoms with Gasteiger partial charge in [0.25, 0.3) is 5.56 Å². The first-order chi connectivity index (χ1) is 17.2. The van der Waals surface area contributed by atoms with Crippen molar-refractivity contribution < 1.29 is 0 Å². The van der Waals surface area contributed by atoms with Crippen molar-refractivity contribution in [2.75, 3.05) is 11.4 Å². The molecule has 9 nitrogen and oxygen atoms in total. The summed E-state index contributed by atoms with van der Waals surface area (Å²) >= 11 is 0. The number of nitrogens with zero attached hydrogens (tertiary/aromatic N) is 7. The third-order valence-corrected chi connectivity index (χ3v) is 5.60. The topological polar surface area (TPSA) is 108 Å². The Bertz CT molecular complexity index is 1590. The Labute approximate surface area is 202 Å². The number of hydrogen-bond acceptors (Lipinski definition) is 6. The van der Waals surface area contributed by atoms with Crippen LogP contribution in [-0.2, 0) is 6.54 Å². The van der Waals surface area contributed by atoms with Crippen molar-refractivity contribution in [3.8, 4) is 11.8 Å². The SMILES string of the molecule is C=Cc1ccn2nc(CN(CC)c3ncnc4[nH]cc(C#N)c34)n(-c3ccccc3)c(=O)c12.CC. The molecule has 0 atom stereocenters. The van der Waals surface area contributed by atoms with Gasteiger partial charge in [-0.05, 0) is 25.1 Å². The number of nitrogens with one attached hydrogen (secondary N) is 1. The molecule has 0 aliphatic carbocycles. The Morgan fingerprint density at radius 2 is 1.97 bits per heavy atom. The lowest BCUT2D eigenvalue weighted by molar-refractivity contribution is 0.685. The highest BCUT2D eigenvalue weighted by molar-refractivity contribution is 5.92. The predicted octanol–water partition coefficient (Wildman–Crippen LogP) is 4.32. The molecule has 5 aromatic rings. The zero-order chi connectivity index (χ0) is 24.9. The highest BCUT2D eigenvalue weighted by Crippen LogP contribution is 2.27. The van der Waals surface area contributed by atoms with Crippen LogP contribution < -0.4 is 10.5 Å². The molecule has 0 unspecified atom stereocenters. The van der Waals surface area contributed by atoms with Crippen molar-refractivity contribution in [2.24, 2.45) is 0 Å². The minimum atomic E-state index is -0.186. The van der Waals surface area contributed by atoms with Crippen LogP contribution in [0.15, 0.2) is 66.5 Å². The molecule has 0 fully saturated rings. The number of benzene rings is 1. The lowest BCUT2D eigenvalue weighted by atomic mass is 10.2. The summed E-state index contributed by atoms with van der Waals surface area (Å²) in [5.41, 5.74) is 2.76. The first-order valence-corrected chi connectivity index (χ1v) is 11.4. The molecular formula is C26H26N8O. The Kier molecular flexibility index (Phi) is 6.73. The Morgan fingerprint density at radius 3 is 2.66 bits per heavy atom. The number of anilines is 1. The van der Waals surface area contributed by atoms with Gasteiger partial charge in [0, 0.05) is 24.5 Å². The minimum Gasteiger partial charge on any atom is -0.349 e. The number of fused-ring (bicyclic) bond motifs is 2. The largest absolute Gasteiger partial charge is 0.349 e. The van der Waals surface area contributed by atoms with Gasteiger partial charge in [0.05, 0.1) is 23.2 Å². The van der Waals surface area contributed by atoms with E-state index in [1.807, 2.05) is 62.1 Å². The van der Waals surface area contributed by atoms with Gasteiger partial charge in [-0.3, -0.25) is 9.36 Å². The molecule has 9 heteroatoms. The third kappa shape index (κ3) is 4.06. The average Bonchev–Trinajstić information content (AvgIpc) is 3.53. The van der Waals surface area contributed by atoms with Crippen LogP contribution in [0, 0.1) is 11.3 Å². The van der Waals surface area contributed by atoms with E-state index in [0.717, 1.165) is 5.56 Å². The van der Waals surface area contributed by atoms with Crippen molar-refractivity contribution in [2.45, 2.75) is 27.3 Å². The maximum absolute atomic E-state index is 13.6. The van der Waals surface area contributed by atoms with Crippen LogP contribution in [0.2, 0.25) is 0 Å². The third-order valence-electron chi connectivity index (χ3n) is 5.60. The van der Waals surface area contributed by atoms with E-state index in [4.69, 9.17) is 5.10 Å². The Morgan fingerprint density at radius 1 is 1.20 bits per heavy atom. The van der Waals surface area contributed by atoms with Gasteiger partial charge in [0.2, 0.25) is 0 Å². The second-order valence-electron chi connectivity index (χ2n) is 7.41. The van der Waals surface area contributed by atoms with Crippen LogP contribution in [0.1, 0.15) is 37.7 Å². The number of para-hydroxylation sites is 1. The summed E-state index contributed by atoms with van der Waals surface area (Å²) in [6.07, 6.45) is 6.49. The van der Waals surface area contributed by atoms with Gasteiger partial charge in [0.15, 0.2) is 5.82 Å². The maximum Gasteiger partial charge on any atom is 0.283 e. The Hall–Kier alpha value is -4.71. The predicted molar refractivity (Wildman–Crippen MR) is 138 cm³/mol. The van der Waals surface area contributed by atoms with E-state index >= 15 is 0 Å². The molecule has 0 aliphatic heterocycles. The fraction of sp³-hybridized carbons (Fsp3) is 0.192. The number of nitriles is 1. The van der Waals surface area contributed by atoms with E-state index in [9.17, 15) is 10.1 Å². The molecule has 0 bridgehead atoms. The monoisotopic (exact) mass is 466 g/mol. The first kappa shape index (κ1) is 23.4. The fourth-order valence-corrected chi connectivity index (χ4v) is 4.03. The van der Waals surface area contributed by atoms with Crippen molar-refractivity contribution in [1.82, 2.24) is 29.1 Å². The lowest BCUT2D eigenvalue weighted by Crippen LogP contribution is -2.32. The van der Waals surface area contributed by atoms with Crippen LogP contribution in [0.4, 0.5) is 5.82 Å². The second-order valence-corrected chi connectivity index (χ2v) is 7.41.